The van der Waals surface area contributed by atoms with E-state index in [-0.39, 0.29) is 36.1 Å². The van der Waals surface area contributed by atoms with Crippen molar-refractivity contribution in [3.05, 3.63) is 65.7 Å². The molecule has 27 heavy (non-hydrogen) atoms. The van der Waals surface area contributed by atoms with Crippen LogP contribution in [0.3, 0.4) is 0 Å². The fraction of sp³-hybridized carbons (Fsp3) is 0.250. The molecule has 1 aliphatic heterocycles. The van der Waals surface area contributed by atoms with E-state index in [2.05, 4.69) is 5.32 Å². The van der Waals surface area contributed by atoms with Gasteiger partial charge in [0.05, 0.1) is 5.92 Å². The third-order valence-electron chi connectivity index (χ3n) is 4.75. The molecule has 0 radical (unpaired) electrons. The van der Waals surface area contributed by atoms with E-state index in [0.717, 1.165) is 16.8 Å². The van der Waals surface area contributed by atoms with Gasteiger partial charge in [0.2, 0.25) is 11.8 Å². The molecule has 2 aromatic carbocycles. The summed E-state index contributed by atoms with van der Waals surface area (Å²) in [5, 5.41) is 9.78. The lowest BCUT2D eigenvalue weighted by Crippen LogP contribution is -2.39. The number of nitrogens with two attached hydrogens (primary N) is 1. The number of nitrogens with zero attached hydrogens (tertiary/aromatic N) is 1. The first-order valence-electron chi connectivity index (χ1n) is 8.54. The van der Waals surface area contributed by atoms with Crippen molar-refractivity contribution < 1.29 is 9.59 Å². The standard InChI is InChI=1S/C20H22N4O2.ClH/c1-13(25)24-12-15(16-9-5-6-10-18(16)24)11-17(19(26)23-20(21)22)14-7-3-2-4-8-14;/h2-10,15,17H,11-12H2,1H3,(H4,21,22,23,26);1H. The van der Waals surface area contributed by atoms with Gasteiger partial charge < -0.3 is 10.6 Å². The molecule has 1 aliphatic rings. The molecule has 6 nitrogen and oxygen atoms in total. The molecule has 142 valence electrons. The van der Waals surface area contributed by atoms with Gasteiger partial charge in [-0.1, -0.05) is 48.5 Å². The highest BCUT2D eigenvalue weighted by Gasteiger charge is 2.34. The minimum absolute atomic E-state index is 0. The van der Waals surface area contributed by atoms with Gasteiger partial charge in [-0.15, -0.1) is 12.4 Å². The van der Waals surface area contributed by atoms with Gasteiger partial charge in [-0.25, -0.2) is 0 Å². The van der Waals surface area contributed by atoms with E-state index < -0.39 is 5.92 Å². The first-order chi connectivity index (χ1) is 12.5. The van der Waals surface area contributed by atoms with Crippen LogP contribution >= 0.6 is 12.4 Å². The highest BCUT2D eigenvalue weighted by atomic mass is 35.5. The molecule has 0 saturated carbocycles. The zero-order valence-corrected chi connectivity index (χ0v) is 15.8. The summed E-state index contributed by atoms with van der Waals surface area (Å²) in [6.45, 7) is 2.10. The quantitative estimate of drug-likeness (QED) is 0.556. The van der Waals surface area contributed by atoms with Gasteiger partial charge in [-0.2, -0.15) is 0 Å². The number of hydrogen-bond acceptors (Lipinski definition) is 3. The Labute approximate surface area is 164 Å². The second-order valence-corrected chi connectivity index (χ2v) is 6.49. The van der Waals surface area contributed by atoms with Crippen LogP contribution in [0.1, 0.15) is 36.3 Å². The number of rotatable bonds is 4. The van der Waals surface area contributed by atoms with E-state index >= 15 is 0 Å². The summed E-state index contributed by atoms with van der Waals surface area (Å²) in [7, 11) is 0. The molecule has 0 spiro atoms. The van der Waals surface area contributed by atoms with Crippen molar-refractivity contribution in [3.8, 4) is 0 Å². The molecule has 0 saturated heterocycles. The summed E-state index contributed by atoms with van der Waals surface area (Å²) in [5.74, 6) is -1.09. The van der Waals surface area contributed by atoms with Crippen LogP contribution < -0.4 is 16.0 Å². The summed E-state index contributed by atoms with van der Waals surface area (Å²) in [6.07, 6.45) is 0.532. The number of benzene rings is 2. The SMILES string of the molecule is CC(=O)N1CC(CC(C(=O)NC(=N)N)c2ccccc2)c2ccccc21.Cl. The summed E-state index contributed by atoms with van der Waals surface area (Å²) in [5.41, 5.74) is 8.19. The number of halogens is 1. The smallest absolute Gasteiger partial charge is 0.234 e. The number of guanidine groups is 1. The van der Waals surface area contributed by atoms with Crippen molar-refractivity contribution in [2.45, 2.75) is 25.2 Å². The normalized spacial score (nSPS) is 16.0. The van der Waals surface area contributed by atoms with Gasteiger partial charge in [-0.05, 0) is 23.6 Å². The number of carbonyl (C=O) groups is 2. The molecule has 3 rings (SSSR count). The van der Waals surface area contributed by atoms with E-state index in [1.54, 1.807) is 11.8 Å². The molecule has 2 aromatic rings. The van der Waals surface area contributed by atoms with Crippen LogP contribution in [0.15, 0.2) is 54.6 Å². The zero-order valence-electron chi connectivity index (χ0n) is 15.0. The minimum Gasteiger partial charge on any atom is -0.370 e. The Morgan fingerprint density at radius 3 is 2.44 bits per heavy atom. The average Bonchev–Trinajstić information content (AvgIpc) is 2.99. The van der Waals surface area contributed by atoms with E-state index in [9.17, 15) is 9.59 Å². The second-order valence-electron chi connectivity index (χ2n) is 6.49. The lowest BCUT2D eigenvalue weighted by Gasteiger charge is -2.21. The van der Waals surface area contributed by atoms with Gasteiger partial charge >= 0.3 is 0 Å². The summed E-state index contributed by atoms with van der Waals surface area (Å²) in [4.78, 5) is 26.4. The van der Waals surface area contributed by atoms with E-state index in [1.165, 1.54) is 0 Å². The Morgan fingerprint density at radius 2 is 1.81 bits per heavy atom. The number of amides is 2. The van der Waals surface area contributed by atoms with Crippen LogP contribution in [-0.2, 0) is 9.59 Å². The zero-order chi connectivity index (χ0) is 18.7. The molecular weight excluding hydrogens is 364 g/mol. The van der Waals surface area contributed by atoms with Crippen LogP contribution in [0.5, 0.6) is 0 Å². The van der Waals surface area contributed by atoms with Gasteiger partial charge in [0.15, 0.2) is 5.96 Å². The maximum atomic E-state index is 12.7. The number of anilines is 1. The number of carbonyl (C=O) groups excluding carboxylic acids is 2. The predicted molar refractivity (Wildman–Crippen MR) is 108 cm³/mol. The highest BCUT2D eigenvalue weighted by Crippen LogP contribution is 2.41. The maximum absolute atomic E-state index is 12.7. The van der Waals surface area contributed by atoms with Crippen molar-refractivity contribution in [2.24, 2.45) is 5.73 Å². The van der Waals surface area contributed by atoms with Crippen LogP contribution in [0, 0.1) is 5.41 Å². The van der Waals surface area contributed by atoms with Gasteiger partial charge in [0.1, 0.15) is 0 Å². The second kappa shape index (κ2) is 8.68. The molecule has 2 atom stereocenters. The summed E-state index contributed by atoms with van der Waals surface area (Å²) >= 11 is 0. The first-order valence-corrected chi connectivity index (χ1v) is 8.54. The van der Waals surface area contributed by atoms with Crippen LogP contribution in [0.4, 0.5) is 5.69 Å². The highest BCUT2D eigenvalue weighted by molar-refractivity contribution is 5.98. The topological polar surface area (TPSA) is 99.3 Å². The maximum Gasteiger partial charge on any atom is 0.234 e. The van der Waals surface area contributed by atoms with Crippen LogP contribution in [0.25, 0.3) is 0 Å². The van der Waals surface area contributed by atoms with Crippen molar-refractivity contribution >= 4 is 35.9 Å². The average molecular weight is 387 g/mol. The summed E-state index contributed by atoms with van der Waals surface area (Å²) < 4.78 is 0. The molecule has 2 amide bonds. The molecule has 0 aliphatic carbocycles. The number of para-hydroxylation sites is 1. The summed E-state index contributed by atoms with van der Waals surface area (Å²) in [6, 6.07) is 17.3. The predicted octanol–water partition coefficient (Wildman–Crippen LogP) is 2.74. The minimum atomic E-state index is -0.454. The van der Waals surface area contributed by atoms with Crippen LogP contribution in [-0.4, -0.2) is 24.3 Å². The van der Waals surface area contributed by atoms with Crippen molar-refractivity contribution in [2.75, 3.05) is 11.4 Å². The lowest BCUT2D eigenvalue weighted by molar-refractivity contribution is -0.121. The first kappa shape index (κ1) is 20.5. The Morgan fingerprint density at radius 1 is 1.19 bits per heavy atom. The Hall–Kier alpha value is -2.86. The monoisotopic (exact) mass is 386 g/mol. The molecule has 0 aromatic heterocycles. The van der Waals surface area contributed by atoms with E-state index in [0.29, 0.717) is 13.0 Å². The Balaban J connectivity index is 0.00000261. The lowest BCUT2D eigenvalue weighted by atomic mass is 9.85. The Bertz CT molecular complexity index is 841. The fourth-order valence-electron chi connectivity index (χ4n) is 3.58. The molecule has 4 N–H and O–H groups in total. The van der Waals surface area contributed by atoms with Gasteiger partial charge in [-0.3, -0.25) is 20.3 Å². The molecule has 7 heteroatoms. The fourth-order valence-corrected chi connectivity index (χ4v) is 3.58. The van der Waals surface area contributed by atoms with Crippen molar-refractivity contribution in [1.29, 1.82) is 5.41 Å². The molecule has 0 fully saturated rings. The van der Waals surface area contributed by atoms with E-state index in [4.69, 9.17) is 11.1 Å². The van der Waals surface area contributed by atoms with Crippen molar-refractivity contribution in [3.63, 3.8) is 0 Å². The molecule has 0 bridgehead atoms. The largest absolute Gasteiger partial charge is 0.370 e. The molecular formula is C20H23ClN4O2. The number of nitrogens with one attached hydrogen (secondary N) is 2. The van der Waals surface area contributed by atoms with Gasteiger partial charge in [0, 0.05) is 25.1 Å². The van der Waals surface area contributed by atoms with Crippen LogP contribution in [0.2, 0.25) is 0 Å². The third-order valence-corrected chi connectivity index (χ3v) is 4.75. The van der Waals surface area contributed by atoms with E-state index in [1.807, 2.05) is 54.6 Å². The molecule has 2 unspecified atom stereocenters. The van der Waals surface area contributed by atoms with Gasteiger partial charge in [0.25, 0.3) is 0 Å². The number of hydrogen-bond donors (Lipinski definition) is 3. The third kappa shape index (κ3) is 4.46. The Kier molecular flexibility index (Phi) is 6.58. The number of fused-ring (bicyclic) bond motifs is 1. The van der Waals surface area contributed by atoms with Crippen molar-refractivity contribution in [1.82, 2.24) is 5.32 Å². The molecule has 1 heterocycles.